The van der Waals surface area contributed by atoms with Crippen LogP contribution in [0.15, 0.2) is 29.1 Å². The van der Waals surface area contributed by atoms with E-state index in [1.54, 1.807) is 16.2 Å². The number of nitrogens with zero attached hydrogens (tertiary/aromatic N) is 4. The van der Waals surface area contributed by atoms with Crippen LogP contribution in [-0.4, -0.2) is 27.4 Å². The predicted molar refractivity (Wildman–Crippen MR) is 124 cm³/mol. The fourth-order valence-electron chi connectivity index (χ4n) is 4.98. The maximum absolute atomic E-state index is 13.3. The number of benzene rings is 1. The second kappa shape index (κ2) is 7.55. The molecule has 0 radical (unpaired) electrons. The van der Waals surface area contributed by atoms with Crippen LogP contribution in [0.5, 0.6) is 0 Å². The number of thiophene rings is 1. The first-order chi connectivity index (χ1) is 14.8. The molecule has 0 spiro atoms. The third-order valence-electron chi connectivity index (χ3n) is 6.86. The summed E-state index contributed by atoms with van der Waals surface area (Å²) < 4.78 is 1.25. The standard InChI is InChI=1S/C24H28N4O2S/c1-24(2,3)16-10-11-17-19(13-16)31-22-21(17)23(30)28(26-25-22)14-20(29)27-12-6-8-15-7-4-5-9-18(15)27/h4-5,7,9,16H,6,8,10-14H2,1-3H3/t16-/m0/s1. The molecule has 0 fully saturated rings. The van der Waals surface area contributed by atoms with Crippen LogP contribution in [0.3, 0.4) is 0 Å². The summed E-state index contributed by atoms with van der Waals surface area (Å²) >= 11 is 1.60. The van der Waals surface area contributed by atoms with E-state index < -0.39 is 0 Å². The van der Waals surface area contributed by atoms with Crippen LogP contribution >= 0.6 is 11.3 Å². The van der Waals surface area contributed by atoms with E-state index in [4.69, 9.17) is 0 Å². The lowest BCUT2D eigenvalue weighted by Crippen LogP contribution is -2.40. The molecule has 162 valence electrons. The number of aryl methyl sites for hydroxylation is 2. The van der Waals surface area contributed by atoms with Gasteiger partial charge in [0.05, 0.1) is 5.39 Å². The Balaban J connectivity index is 1.45. The Kier molecular flexibility index (Phi) is 4.96. The van der Waals surface area contributed by atoms with Crippen molar-refractivity contribution in [3.8, 4) is 0 Å². The Morgan fingerprint density at radius 3 is 2.84 bits per heavy atom. The minimum atomic E-state index is -0.185. The van der Waals surface area contributed by atoms with Crippen molar-refractivity contribution < 1.29 is 4.79 Å². The largest absolute Gasteiger partial charge is 0.311 e. The summed E-state index contributed by atoms with van der Waals surface area (Å²) in [5.41, 5.74) is 3.32. The van der Waals surface area contributed by atoms with Gasteiger partial charge < -0.3 is 4.90 Å². The predicted octanol–water partition coefficient (Wildman–Crippen LogP) is 3.98. The van der Waals surface area contributed by atoms with Crippen molar-refractivity contribution in [2.24, 2.45) is 11.3 Å². The fraction of sp³-hybridized carbons (Fsp3) is 0.500. The molecule has 0 unspecified atom stereocenters. The highest BCUT2D eigenvalue weighted by atomic mass is 32.1. The molecule has 1 aliphatic heterocycles. The number of carbonyl (C=O) groups excluding carboxylic acids is 1. The molecule has 1 aliphatic carbocycles. The second-order valence-electron chi connectivity index (χ2n) is 9.82. The van der Waals surface area contributed by atoms with Gasteiger partial charge in [-0.1, -0.05) is 44.2 Å². The lowest BCUT2D eigenvalue weighted by atomic mass is 9.72. The molecule has 5 rings (SSSR count). The van der Waals surface area contributed by atoms with Gasteiger partial charge in [-0.25, -0.2) is 4.68 Å². The zero-order chi connectivity index (χ0) is 21.8. The van der Waals surface area contributed by atoms with E-state index in [2.05, 4.69) is 37.1 Å². The highest BCUT2D eigenvalue weighted by Crippen LogP contribution is 2.41. The van der Waals surface area contributed by atoms with Crippen LogP contribution in [0.2, 0.25) is 0 Å². The number of carbonyl (C=O) groups is 1. The van der Waals surface area contributed by atoms with Gasteiger partial charge >= 0.3 is 0 Å². The summed E-state index contributed by atoms with van der Waals surface area (Å²) in [6, 6.07) is 7.99. The van der Waals surface area contributed by atoms with Gasteiger partial charge in [-0.15, -0.1) is 16.4 Å². The molecular weight excluding hydrogens is 408 g/mol. The zero-order valence-electron chi connectivity index (χ0n) is 18.4. The maximum atomic E-state index is 13.3. The molecular formula is C24H28N4O2S. The molecule has 31 heavy (non-hydrogen) atoms. The topological polar surface area (TPSA) is 68.1 Å². The fourth-order valence-corrected chi connectivity index (χ4v) is 6.21. The van der Waals surface area contributed by atoms with Gasteiger partial charge in [-0.2, -0.15) is 0 Å². The Morgan fingerprint density at radius 2 is 2.03 bits per heavy atom. The third-order valence-corrected chi connectivity index (χ3v) is 8.00. The van der Waals surface area contributed by atoms with Gasteiger partial charge in [-0.05, 0) is 60.6 Å². The van der Waals surface area contributed by atoms with E-state index in [-0.39, 0.29) is 23.4 Å². The Morgan fingerprint density at radius 1 is 1.23 bits per heavy atom. The molecule has 0 bridgehead atoms. The minimum absolute atomic E-state index is 0.0780. The van der Waals surface area contributed by atoms with Crippen LogP contribution < -0.4 is 10.5 Å². The number of fused-ring (bicyclic) bond motifs is 4. The van der Waals surface area contributed by atoms with Crippen LogP contribution in [0.25, 0.3) is 10.2 Å². The number of aromatic nitrogens is 3. The highest BCUT2D eigenvalue weighted by Gasteiger charge is 2.32. The van der Waals surface area contributed by atoms with Crippen molar-refractivity contribution in [3.05, 3.63) is 50.6 Å². The number of amides is 1. The van der Waals surface area contributed by atoms with Gasteiger partial charge in [0.2, 0.25) is 5.91 Å². The van der Waals surface area contributed by atoms with Gasteiger partial charge in [0.25, 0.3) is 5.56 Å². The first kappa shape index (κ1) is 20.4. The number of anilines is 1. The zero-order valence-corrected chi connectivity index (χ0v) is 19.2. The van der Waals surface area contributed by atoms with E-state index in [1.165, 1.54) is 15.1 Å². The van der Waals surface area contributed by atoms with E-state index in [0.717, 1.165) is 43.4 Å². The average molecular weight is 437 g/mol. The summed E-state index contributed by atoms with van der Waals surface area (Å²) in [5.74, 6) is 0.490. The summed E-state index contributed by atoms with van der Waals surface area (Å²) in [6.45, 7) is 7.45. The van der Waals surface area contributed by atoms with Crippen molar-refractivity contribution in [2.45, 2.75) is 59.4 Å². The van der Waals surface area contributed by atoms with Crippen molar-refractivity contribution in [1.82, 2.24) is 15.0 Å². The van der Waals surface area contributed by atoms with Crippen LogP contribution in [0.1, 0.15) is 49.6 Å². The normalized spacial score (nSPS) is 18.7. The van der Waals surface area contributed by atoms with Crippen molar-refractivity contribution in [2.75, 3.05) is 11.4 Å². The molecule has 0 saturated carbocycles. The highest BCUT2D eigenvalue weighted by molar-refractivity contribution is 7.18. The molecule has 0 N–H and O–H groups in total. The number of para-hydroxylation sites is 1. The van der Waals surface area contributed by atoms with Crippen molar-refractivity contribution in [1.29, 1.82) is 0 Å². The first-order valence-electron chi connectivity index (χ1n) is 11.1. The van der Waals surface area contributed by atoms with Crippen molar-refractivity contribution >= 4 is 33.1 Å². The van der Waals surface area contributed by atoms with Gasteiger partial charge in [0.1, 0.15) is 6.54 Å². The van der Waals surface area contributed by atoms with Gasteiger partial charge in [-0.3, -0.25) is 9.59 Å². The molecule has 2 aromatic heterocycles. The van der Waals surface area contributed by atoms with E-state index in [1.807, 2.05) is 18.2 Å². The van der Waals surface area contributed by atoms with Crippen LogP contribution in [0, 0.1) is 11.3 Å². The Bertz CT molecular complexity index is 1220. The van der Waals surface area contributed by atoms with E-state index in [9.17, 15) is 9.59 Å². The minimum Gasteiger partial charge on any atom is -0.311 e. The quantitative estimate of drug-likeness (QED) is 0.609. The van der Waals surface area contributed by atoms with Crippen molar-refractivity contribution in [3.63, 3.8) is 0 Å². The summed E-state index contributed by atoms with van der Waals surface area (Å²) in [4.78, 5) is 30.2. The molecule has 0 saturated heterocycles. The van der Waals surface area contributed by atoms with Crippen LogP contribution in [0.4, 0.5) is 5.69 Å². The van der Waals surface area contributed by atoms with Crippen LogP contribution in [-0.2, 0) is 30.6 Å². The summed E-state index contributed by atoms with van der Waals surface area (Å²) in [5, 5.41) is 9.14. The number of hydrogen-bond acceptors (Lipinski definition) is 5. The average Bonchev–Trinajstić information content (AvgIpc) is 3.13. The Hall–Kier alpha value is -2.54. The van der Waals surface area contributed by atoms with E-state index in [0.29, 0.717) is 22.7 Å². The molecule has 3 heterocycles. The maximum Gasteiger partial charge on any atom is 0.279 e. The smallest absolute Gasteiger partial charge is 0.279 e. The third kappa shape index (κ3) is 3.59. The SMILES string of the molecule is CC(C)(C)[C@H]1CCc2c(sc3nnn(CC(=O)N4CCCc5ccccc54)c(=O)c23)C1. The molecule has 7 heteroatoms. The number of rotatable bonds is 2. The number of hydrogen-bond donors (Lipinski definition) is 0. The Labute approximate surface area is 185 Å². The molecule has 3 aromatic rings. The summed E-state index contributed by atoms with van der Waals surface area (Å²) in [7, 11) is 0. The van der Waals surface area contributed by atoms with E-state index >= 15 is 0 Å². The second-order valence-corrected chi connectivity index (χ2v) is 10.9. The molecule has 1 amide bonds. The lowest BCUT2D eigenvalue weighted by Gasteiger charge is -2.33. The molecule has 2 aliphatic rings. The first-order valence-corrected chi connectivity index (χ1v) is 11.9. The van der Waals surface area contributed by atoms with Gasteiger partial charge in [0.15, 0.2) is 4.83 Å². The summed E-state index contributed by atoms with van der Waals surface area (Å²) in [6.07, 6.45) is 4.86. The molecule has 6 nitrogen and oxygen atoms in total. The monoisotopic (exact) mass is 436 g/mol. The lowest BCUT2D eigenvalue weighted by molar-refractivity contribution is -0.119. The molecule has 1 aromatic carbocycles. The van der Waals surface area contributed by atoms with Gasteiger partial charge in [0, 0.05) is 17.1 Å². The molecule has 1 atom stereocenters.